The average molecular weight is 991 g/mol. The lowest BCUT2D eigenvalue weighted by atomic mass is 9.96. The van der Waals surface area contributed by atoms with Gasteiger partial charge in [-0.15, -0.1) is 0 Å². The van der Waals surface area contributed by atoms with Crippen LogP contribution in [0.2, 0.25) is 0 Å². The molecule has 0 aromatic heterocycles. The first-order chi connectivity index (χ1) is 31.7. The van der Waals surface area contributed by atoms with Crippen molar-refractivity contribution in [2.24, 2.45) is 0 Å². The first-order valence-electron chi connectivity index (χ1n) is 21.1. The van der Waals surface area contributed by atoms with Gasteiger partial charge in [-0.05, 0) is 0 Å². The molecule has 6 fully saturated rings. The van der Waals surface area contributed by atoms with Crippen molar-refractivity contribution in [3.63, 3.8) is 0 Å². The summed E-state index contributed by atoms with van der Waals surface area (Å²) < 4.78 is 61.3. The molecule has 0 amide bonds. The molecule has 0 aromatic carbocycles. The third kappa shape index (κ3) is 11.4. The molecule has 6 aliphatic rings. The number of ether oxygens (including phenoxy) is 11. The van der Waals surface area contributed by atoms with E-state index >= 15 is 0 Å². The topological polar surface area (TPSA) is 506 Å². The van der Waals surface area contributed by atoms with E-state index in [1.807, 2.05) is 0 Å². The maximum atomic E-state index is 11.2. The van der Waals surface area contributed by atoms with E-state index in [2.05, 4.69) is 0 Å². The summed E-state index contributed by atoms with van der Waals surface area (Å²) in [5.41, 5.74) is 0. The Morgan fingerprint density at radius 2 is 0.522 bits per heavy atom. The highest BCUT2D eigenvalue weighted by Crippen LogP contribution is 2.36. The third-order valence-electron chi connectivity index (χ3n) is 12.4. The van der Waals surface area contributed by atoms with Gasteiger partial charge >= 0.3 is 0 Å². The van der Waals surface area contributed by atoms with Crippen LogP contribution in [-0.4, -0.2) is 326 Å². The van der Waals surface area contributed by atoms with E-state index in [0.29, 0.717) is 0 Å². The van der Waals surface area contributed by atoms with Crippen LogP contribution >= 0.6 is 0 Å². The molecule has 6 heterocycles. The van der Waals surface area contributed by atoms with Gasteiger partial charge in [0, 0.05) is 0 Å². The minimum atomic E-state index is -2.25. The van der Waals surface area contributed by atoms with E-state index in [1.54, 1.807) is 0 Å². The van der Waals surface area contributed by atoms with Crippen LogP contribution in [0, 0.1) is 0 Å². The highest BCUT2D eigenvalue weighted by molar-refractivity contribution is 4.99. The monoisotopic (exact) mass is 990 g/mol. The Labute approximate surface area is 378 Å². The molecule has 0 spiro atoms. The minimum Gasteiger partial charge on any atom is -0.394 e. The van der Waals surface area contributed by atoms with Crippen LogP contribution < -0.4 is 0 Å². The van der Waals surface area contributed by atoms with Gasteiger partial charge in [-0.3, -0.25) is 0 Å². The quantitative estimate of drug-likeness (QED) is 0.0683. The summed E-state index contributed by atoms with van der Waals surface area (Å²) in [6.07, 6.45) is -57.8. The molecule has 30 atom stereocenters. The molecular weight excluding hydrogens is 928 g/mol. The second kappa shape index (κ2) is 23.5. The van der Waals surface area contributed by atoms with Gasteiger partial charge in [-0.25, -0.2) is 0 Å². The first-order valence-corrected chi connectivity index (χ1v) is 21.1. The predicted molar refractivity (Wildman–Crippen MR) is 199 cm³/mol. The van der Waals surface area contributed by atoms with Crippen LogP contribution in [0.25, 0.3) is 0 Å². The number of aliphatic hydroxyl groups is 20. The number of hydrogen-bond acceptors (Lipinski definition) is 31. The van der Waals surface area contributed by atoms with Gasteiger partial charge in [0.05, 0.1) is 39.6 Å². The van der Waals surface area contributed by atoms with E-state index in [4.69, 9.17) is 52.1 Å². The van der Waals surface area contributed by atoms with Crippen LogP contribution in [0.1, 0.15) is 0 Å². The van der Waals surface area contributed by atoms with E-state index in [0.717, 1.165) is 0 Å². The van der Waals surface area contributed by atoms with Crippen LogP contribution in [0.4, 0.5) is 0 Å². The van der Waals surface area contributed by atoms with Crippen LogP contribution in [0.3, 0.4) is 0 Å². The molecular formula is C36H62O31. The molecule has 0 aromatic rings. The molecule has 31 nitrogen and oxygen atoms in total. The molecule has 0 saturated carbocycles. The van der Waals surface area contributed by atoms with Crippen molar-refractivity contribution in [2.45, 2.75) is 184 Å². The van der Waals surface area contributed by atoms with Crippen molar-refractivity contribution in [2.75, 3.05) is 39.6 Å². The fourth-order valence-corrected chi connectivity index (χ4v) is 8.33. The molecule has 0 bridgehead atoms. The van der Waals surface area contributed by atoms with Crippen LogP contribution in [0.5, 0.6) is 0 Å². The van der Waals surface area contributed by atoms with Crippen molar-refractivity contribution >= 4 is 0 Å². The summed E-state index contributed by atoms with van der Waals surface area (Å²) in [4.78, 5) is 0. The molecule has 392 valence electrons. The van der Waals surface area contributed by atoms with Gasteiger partial charge in [0.1, 0.15) is 146 Å². The third-order valence-corrected chi connectivity index (χ3v) is 12.4. The lowest BCUT2D eigenvalue weighted by Crippen LogP contribution is -2.67. The first kappa shape index (κ1) is 55.1. The van der Waals surface area contributed by atoms with Gasteiger partial charge in [-0.2, -0.15) is 0 Å². The SMILES string of the molecule is OC[C@H]1O[C@@H](O[C@@H]2[C@@H](O[C@@H]3[C@@H](OC[C@H]4O[C@H](O)[C@@H](O[C@H]5O[C@H](CO)[C@@H](O)[C@H](O)[C@@H]5O[C@@H]5O[C@H](CO)[C@@H](O)[C@H](O)[C@@H]5O)[C@@H](O)[C@@H]4O)O[C@H](CO)[C@@H](O)[C@@H]3O)O[C@H](CO)[C@@H](O)[C@@H]2O)[C@@H](O)[C@@H](O)[C@@H]1O. The molecule has 0 unspecified atom stereocenters. The summed E-state index contributed by atoms with van der Waals surface area (Å²) in [5, 5.41) is 210. The van der Waals surface area contributed by atoms with Crippen molar-refractivity contribution in [3.8, 4) is 0 Å². The van der Waals surface area contributed by atoms with E-state index in [1.165, 1.54) is 0 Å². The Kier molecular flexibility index (Phi) is 19.4. The van der Waals surface area contributed by atoms with Crippen molar-refractivity contribution in [3.05, 3.63) is 0 Å². The summed E-state index contributed by atoms with van der Waals surface area (Å²) in [5.74, 6) is 0. The number of hydrogen-bond donors (Lipinski definition) is 20. The number of aliphatic hydroxyl groups excluding tert-OH is 20. The molecule has 0 radical (unpaired) electrons. The van der Waals surface area contributed by atoms with E-state index in [-0.39, 0.29) is 0 Å². The number of rotatable bonds is 16. The molecule has 20 N–H and O–H groups in total. The van der Waals surface area contributed by atoms with Gasteiger partial charge < -0.3 is 154 Å². The Hall–Kier alpha value is -1.24. The largest absolute Gasteiger partial charge is 0.394 e. The Morgan fingerprint density at radius 1 is 0.254 bits per heavy atom. The fraction of sp³-hybridized carbons (Fsp3) is 1.00. The highest BCUT2D eigenvalue weighted by atomic mass is 16.8. The van der Waals surface area contributed by atoms with Gasteiger partial charge in [0.2, 0.25) is 0 Å². The summed E-state index contributed by atoms with van der Waals surface area (Å²) in [7, 11) is 0. The summed E-state index contributed by atoms with van der Waals surface area (Å²) >= 11 is 0. The Balaban J connectivity index is 1.17. The van der Waals surface area contributed by atoms with Crippen LogP contribution in [-0.2, 0) is 52.1 Å². The van der Waals surface area contributed by atoms with Crippen molar-refractivity contribution in [1.82, 2.24) is 0 Å². The summed E-state index contributed by atoms with van der Waals surface area (Å²) in [6.45, 7) is -5.53. The molecule has 67 heavy (non-hydrogen) atoms. The fourth-order valence-electron chi connectivity index (χ4n) is 8.33. The van der Waals surface area contributed by atoms with Crippen LogP contribution in [0.15, 0.2) is 0 Å². The molecule has 6 rings (SSSR count). The van der Waals surface area contributed by atoms with Gasteiger partial charge in [0.25, 0.3) is 0 Å². The van der Waals surface area contributed by atoms with Crippen molar-refractivity contribution < 1.29 is 154 Å². The maximum Gasteiger partial charge on any atom is 0.187 e. The average Bonchev–Trinajstić information content (AvgIpc) is 3.31. The lowest BCUT2D eigenvalue weighted by Gasteiger charge is -2.49. The zero-order valence-corrected chi connectivity index (χ0v) is 35.0. The normalized spacial score (nSPS) is 53.4. The molecule has 0 aliphatic carbocycles. The second-order valence-corrected chi connectivity index (χ2v) is 16.8. The minimum absolute atomic E-state index is 0.881. The van der Waals surface area contributed by atoms with E-state index < -0.39 is 224 Å². The zero-order valence-electron chi connectivity index (χ0n) is 35.0. The highest BCUT2D eigenvalue weighted by Gasteiger charge is 2.57. The van der Waals surface area contributed by atoms with Gasteiger partial charge in [0.15, 0.2) is 37.7 Å². The van der Waals surface area contributed by atoms with Gasteiger partial charge in [-0.1, -0.05) is 0 Å². The Morgan fingerprint density at radius 3 is 0.896 bits per heavy atom. The lowest BCUT2D eigenvalue weighted by molar-refractivity contribution is -0.399. The molecule has 31 heteroatoms. The zero-order chi connectivity index (χ0) is 49.3. The Bertz CT molecular complexity index is 1510. The predicted octanol–water partition coefficient (Wildman–Crippen LogP) is -14.1. The smallest absolute Gasteiger partial charge is 0.187 e. The second-order valence-electron chi connectivity index (χ2n) is 16.8. The molecule has 6 saturated heterocycles. The summed E-state index contributed by atoms with van der Waals surface area (Å²) in [6, 6.07) is 0. The van der Waals surface area contributed by atoms with Crippen molar-refractivity contribution in [1.29, 1.82) is 0 Å². The molecule has 6 aliphatic heterocycles. The maximum absolute atomic E-state index is 11.2. The standard InChI is InChI=1S/C36H62O31/c37-1-7-13(42)19(48)25(54)32(59-7)65-29-23(52)16(45)10(4-40)62-35(29)64-27-21(50)18(47)12(58-31(27)56)6-57-34-28(22(51)15(44)9(3-39)61-34)67-36-30(24(53)17(46)11(5-41)63-36)66-33-26(55)20(49)14(43)8(2-38)60-33/h7-56H,1-6H2/t7-,8-,9-,10-,11-,12-,13-,14-,15-,16-,17-,18-,19+,20+,21+,22+,23+,24+,25+,26+,27+,28+,29+,30+,31+,32+,33+,34+,35-,36-/m1/s1. The van der Waals surface area contributed by atoms with E-state index in [9.17, 15) is 102 Å².